The van der Waals surface area contributed by atoms with Gasteiger partial charge in [-0.15, -0.1) is 11.8 Å². The molecule has 24 heavy (non-hydrogen) atoms. The average Bonchev–Trinajstić information content (AvgIpc) is 2.62. The van der Waals surface area contributed by atoms with E-state index in [9.17, 15) is 9.18 Å². The first-order valence-corrected chi connectivity index (χ1v) is 8.70. The first-order chi connectivity index (χ1) is 11.6. The minimum Gasteiger partial charge on any atom is -0.289 e. The van der Waals surface area contributed by atoms with Crippen molar-refractivity contribution in [3.8, 4) is 0 Å². The summed E-state index contributed by atoms with van der Waals surface area (Å²) in [6.45, 7) is 2.05. The van der Waals surface area contributed by atoms with Crippen LogP contribution in [0.5, 0.6) is 0 Å². The molecule has 3 rings (SSSR count). The number of aryl methyl sites for hydroxylation is 1. The molecule has 120 valence electrons. The van der Waals surface area contributed by atoms with Gasteiger partial charge >= 0.3 is 0 Å². The van der Waals surface area contributed by atoms with Crippen molar-refractivity contribution in [3.63, 3.8) is 0 Å². The zero-order valence-electron chi connectivity index (χ0n) is 13.3. The van der Waals surface area contributed by atoms with Crippen molar-refractivity contribution in [1.29, 1.82) is 0 Å². The van der Waals surface area contributed by atoms with Crippen molar-refractivity contribution in [2.45, 2.75) is 17.6 Å². The third-order valence-corrected chi connectivity index (χ3v) is 4.83. The summed E-state index contributed by atoms with van der Waals surface area (Å²) in [5, 5.41) is 0. The third-order valence-electron chi connectivity index (χ3n) is 3.77. The maximum atomic E-state index is 13.7. The molecular formula is C21H17FOS. The smallest absolute Gasteiger partial charge is 0.193 e. The van der Waals surface area contributed by atoms with Crippen molar-refractivity contribution < 1.29 is 9.18 Å². The quantitative estimate of drug-likeness (QED) is 0.442. The van der Waals surface area contributed by atoms with E-state index >= 15 is 0 Å². The molecule has 0 unspecified atom stereocenters. The molecule has 0 amide bonds. The van der Waals surface area contributed by atoms with E-state index in [1.165, 1.54) is 17.7 Å². The number of hydrogen-bond donors (Lipinski definition) is 0. The first-order valence-electron chi connectivity index (χ1n) is 7.71. The largest absolute Gasteiger partial charge is 0.289 e. The fraction of sp³-hybridized carbons (Fsp3) is 0.0952. The summed E-state index contributed by atoms with van der Waals surface area (Å²) in [7, 11) is 0. The lowest BCUT2D eigenvalue weighted by molar-refractivity contribution is 0.103. The van der Waals surface area contributed by atoms with Crippen molar-refractivity contribution in [1.82, 2.24) is 0 Å². The van der Waals surface area contributed by atoms with Crippen LogP contribution < -0.4 is 0 Å². The predicted molar refractivity (Wildman–Crippen MR) is 97.0 cm³/mol. The summed E-state index contributed by atoms with van der Waals surface area (Å²) in [4.78, 5) is 13.8. The number of carbonyl (C=O) groups is 1. The maximum absolute atomic E-state index is 13.7. The van der Waals surface area contributed by atoms with Gasteiger partial charge in [-0.3, -0.25) is 4.79 Å². The van der Waals surface area contributed by atoms with E-state index in [-0.39, 0.29) is 5.78 Å². The Morgan fingerprint density at radius 1 is 0.958 bits per heavy atom. The molecule has 0 bridgehead atoms. The molecule has 0 saturated carbocycles. The SMILES string of the molecule is Cc1ccc(SCc2ccc(F)cc2C(=O)c2ccccc2)cc1. The van der Waals surface area contributed by atoms with Crippen molar-refractivity contribution >= 4 is 17.5 Å². The highest BCUT2D eigenvalue weighted by Gasteiger charge is 2.14. The molecule has 0 heterocycles. The Hall–Kier alpha value is -2.39. The third kappa shape index (κ3) is 3.92. The minimum absolute atomic E-state index is 0.144. The van der Waals surface area contributed by atoms with Crippen LogP contribution in [0, 0.1) is 12.7 Å². The number of ketones is 1. The van der Waals surface area contributed by atoms with Crippen LogP contribution in [0.15, 0.2) is 77.7 Å². The predicted octanol–water partition coefficient (Wildman–Crippen LogP) is 5.66. The topological polar surface area (TPSA) is 17.1 Å². The normalized spacial score (nSPS) is 10.6. The molecule has 0 atom stereocenters. The van der Waals surface area contributed by atoms with E-state index in [0.29, 0.717) is 16.9 Å². The highest BCUT2D eigenvalue weighted by atomic mass is 32.2. The monoisotopic (exact) mass is 336 g/mol. The van der Waals surface area contributed by atoms with Crippen LogP contribution in [0.25, 0.3) is 0 Å². The van der Waals surface area contributed by atoms with Gasteiger partial charge in [0.15, 0.2) is 5.78 Å². The molecule has 0 aromatic heterocycles. The second-order valence-corrected chi connectivity index (χ2v) is 6.65. The summed E-state index contributed by atoms with van der Waals surface area (Å²) in [6, 6.07) is 21.7. The molecule has 0 aliphatic carbocycles. The number of halogens is 1. The standard InChI is InChI=1S/C21H17FOS/c1-15-7-11-19(12-8-15)24-14-17-9-10-18(22)13-20(17)21(23)16-5-3-2-4-6-16/h2-13H,14H2,1H3. The molecule has 0 saturated heterocycles. The van der Waals surface area contributed by atoms with E-state index in [4.69, 9.17) is 0 Å². The number of thioether (sulfide) groups is 1. The molecule has 0 fully saturated rings. The van der Waals surface area contributed by atoms with Crippen LogP contribution in [0.3, 0.4) is 0 Å². The highest BCUT2D eigenvalue weighted by molar-refractivity contribution is 7.98. The summed E-state index contributed by atoms with van der Waals surface area (Å²) in [5.41, 5.74) is 3.06. The van der Waals surface area contributed by atoms with Gasteiger partial charge in [-0.2, -0.15) is 0 Å². The lowest BCUT2D eigenvalue weighted by Crippen LogP contribution is -2.05. The molecule has 0 aliphatic heterocycles. The summed E-state index contributed by atoms with van der Waals surface area (Å²) in [6.07, 6.45) is 0. The molecule has 0 spiro atoms. The zero-order chi connectivity index (χ0) is 16.9. The Labute approximate surface area is 145 Å². The molecule has 0 aliphatic rings. The Balaban J connectivity index is 1.85. The van der Waals surface area contributed by atoms with Crippen LogP contribution in [0.2, 0.25) is 0 Å². The molecule has 3 aromatic carbocycles. The number of carbonyl (C=O) groups excluding carboxylic acids is 1. The van der Waals surface area contributed by atoms with Gasteiger partial charge in [0.25, 0.3) is 0 Å². The van der Waals surface area contributed by atoms with Crippen LogP contribution in [0.4, 0.5) is 4.39 Å². The van der Waals surface area contributed by atoms with Gasteiger partial charge in [0.05, 0.1) is 0 Å². The van der Waals surface area contributed by atoms with Gasteiger partial charge in [0, 0.05) is 21.8 Å². The van der Waals surface area contributed by atoms with E-state index in [2.05, 4.69) is 24.3 Å². The molecule has 3 heteroatoms. The Bertz CT molecular complexity index is 841. The highest BCUT2D eigenvalue weighted by Crippen LogP contribution is 2.26. The van der Waals surface area contributed by atoms with Gasteiger partial charge in [-0.05, 0) is 36.8 Å². The second kappa shape index (κ2) is 7.45. The van der Waals surface area contributed by atoms with Crippen LogP contribution in [0.1, 0.15) is 27.0 Å². The Morgan fingerprint density at radius 2 is 1.67 bits per heavy atom. The zero-order valence-corrected chi connectivity index (χ0v) is 14.1. The van der Waals surface area contributed by atoms with Crippen molar-refractivity contribution in [2.24, 2.45) is 0 Å². The number of hydrogen-bond acceptors (Lipinski definition) is 2. The summed E-state index contributed by atoms with van der Waals surface area (Å²) < 4.78 is 13.7. The lowest BCUT2D eigenvalue weighted by Gasteiger charge is -2.09. The van der Waals surface area contributed by atoms with E-state index in [0.717, 1.165) is 10.5 Å². The van der Waals surface area contributed by atoms with Crippen LogP contribution in [-0.2, 0) is 5.75 Å². The molecular weight excluding hydrogens is 319 g/mol. The summed E-state index contributed by atoms with van der Waals surface area (Å²) in [5.74, 6) is 0.0880. The van der Waals surface area contributed by atoms with E-state index in [1.54, 1.807) is 30.0 Å². The lowest BCUT2D eigenvalue weighted by atomic mass is 9.99. The van der Waals surface area contributed by atoms with Crippen LogP contribution >= 0.6 is 11.8 Å². The molecule has 1 nitrogen and oxygen atoms in total. The minimum atomic E-state index is -0.390. The van der Waals surface area contributed by atoms with E-state index in [1.807, 2.05) is 25.1 Å². The fourth-order valence-electron chi connectivity index (χ4n) is 2.43. The molecule has 0 N–H and O–H groups in total. The van der Waals surface area contributed by atoms with Gasteiger partial charge in [-0.1, -0.05) is 54.1 Å². The van der Waals surface area contributed by atoms with Gasteiger partial charge in [0.1, 0.15) is 5.82 Å². The fourth-order valence-corrected chi connectivity index (χ4v) is 3.33. The first kappa shape index (κ1) is 16.5. The van der Waals surface area contributed by atoms with Crippen LogP contribution in [-0.4, -0.2) is 5.78 Å². The maximum Gasteiger partial charge on any atom is 0.193 e. The second-order valence-electron chi connectivity index (χ2n) is 5.60. The molecule has 3 aromatic rings. The Kier molecular flexibility index (Phi) is 5.11. The van der Waals surface area contributed by atoms with Crippen molar-refractivity contribution in [3.05, 3.63) is 101 Å². The van der Waals surface area contributed by atoms with Gasteiger partial charge in [-0.25, -0.2) is 4.39 Å². The van der Waals surface area contributed by atoms with Crippen molar-refractivity contribution in [2.75, 3.05) is 0 Å². The van der Waals surface area contributed by atoms with E-state index < -0.39 is 5.82 Å². The van der Waals surface area contributed by atoms with Gasteiger partial charge < -0.3 is 0 Å². The number of benzene rings is 3. The Morgan fingerprint density at radius 3 is 2.38 bits per heavy atom. The average molecular weight is 336 g/mol. The van der Waals surface area contributed by atoms with Gasteiger partial charge in [0.2, 0.25) is 0 Å². The molecule has 0 radical (unpaired) electrons. The summed E-state index contributed by atoms with van der Waals surface area (Å²) >= 11 is 1.64. The number of rotatable bonds is 5.